The first-order valence-electron chi connectivity index (χ1n) is 6.39. The number of methoxy groups -OCH3 is 1. The Morgan fingerprint density at radius 3 is 2.80 bits per heavy atom. The topological polar surface area (TPSA) is 92.6 Å². The molecule has 2 atom stereocenters. The average molecular weight is 279 g/mol. The second-order valence-corrected chi connectivity index (χ2v) is 5.04. The smallest absolute Gasteiger partial charge is 0.358 e. The van der Waals surface area contributed by atoms with Crippen molar-refractivity contribution in [2.24, 2.45) is 11.8 Å². The number of carboxylic acid groups (broad SMARTS) is 1. The van der Waals surface area contributed by atoms with Gasteiger partial charge in [-0.1, -0.05) is 6.92 Å². The van der Waals surface area contributed by atoms with Gasteiger partial charge in [0.05, 0.1) is 25.4 Å². The maximum atomic E-state index is 11.4. The van der Waals surface area contributed by atoms with Gasteiger partial charge < -0.3 is 14.7 Å². The van der Waals surface area contributed by atoms with E-state index in [1.165, 1.54) is 19.5 Å². The monoisotopic (exact) mass is 279 g/mol. The van der Waals surface area contributed by atoms with Crippen LogP contribution in [0.25, 0.3) is 0 Å². The van der Waals surface area contributed by atoms with Gasteiger partial charge in [-0.15, -0.1) is 0 Å². The van der Waals surface area contributed by atoms with Gasteiger partial charge >= 0.3 is 11.9 Å². The summed E-state index contributed by atoms with van der Waals surface area (Å²) in [4.78, 5) is 32.6. The molecule has 1 N–H and O–H groups in total. The number of anilines is 1. The molecule has 2 rings (SSSR count). The highest BCUT2D eigenvalue weighted by atomic mass is 16.5. The maximum absolute atomic E-state index is 11.4. The Bertz CT molecular complexity index is 520. The van der Waals surface area contributed by atoms with E-state index in [0.29, 0.717) is 25.3 Å². The number of hydrogen-bond acceptors (Lipinski definition) is 6. The lowest BCUT2D eigenvalue weighted by Crippen LogP contribution is -2.43. The van der Waals surface area contributed by atoms with E-state index < -0.39 is 17.9 Å². The van der Waals surface area contributed by atoms with Crippen molar-refractivity contribution in [3.8, 4) is 0 Å². The van der Waals surface area contributed by atoms with E-state index in [2.05, 4.69) is 14.7 Å². The van der Waals surface area contributed by atoms with Crippen LogP contribution in [0.2, 0.25) is 0 Å². The molecule has 0 aliphatic carbocycles. The molecule has 1 aromatic heterocycles. The third-order valence-electron chi connectivity index (χ3n) is 3.35. The van der Waals surface area contributed by atoms with E-state index in [1.807, 2.05) is 11.8 Å². The van der Waals surface area contributed by atoms with Gasteiger partial charge in [-0.25, -0.2) is 9.78 Å². The van der Waals surface area contributed by atoms with Gasteiger partial charge in [0.1, 0.15) is 5.82 Å². The minimum atomic E-state index is -0.807. The fourth-order valence-corrected chi connectivity index (χ4v) is 2.43. The van der Waals surface area contributed by atoms with Crippen molar-refractivity contribution in [2.45, 2.75) is 13.3 Å². The maximum Gasteiger partial charge on any atom is 0.358 e. The van der Waals surface area contributed by atoms with Crippen LogP contribution in [-0.2, 0) is 9.53 Å². The number of ether oxygens (including phenoxy) is 1. The molecule has 20 heavy (non-hydrogen) atoms. The molecule has 1 aliphatic rings. The molecule has 0 bridgehead atoms. The van der Waals surface area contributed by atoms with Gasteiger partial charge in [0, 0.05) is 13.1 Å². The Morgan fingerprint density at radius 2 is 2.15 bits per heavy atom. The average Bonchev–Trinajstić information content (AvgIpc) is 2.45. The lowest BCUT2D eigenvalue weighted by atomic mass is 9.90. The van der Waals surface area contributed by atoms with Crippen LogP contribution in [0.1, 0.15) is 23.8 Å². The first-order valence-corrected chi connectivity index (χ1v) is 6.39. The molecule has 0 aromatic carbocycles. The van der Waals surface area contributed by atoms with Crippen LogP contribution < -0.4 is 4.90 Å². The second-order valence-electron chi connectivity index (χ2n) is 5.04. The minimum Gasteiger partial charge on any atom is -0.481 e. The molecular formula is C13H17N3O4. The molecule has 7 nitrogen and oxygen atoms in total. The molecule has 0 amide bonds. The standard InChI is InChI=1S/C13H17N3O4/c1-8-3-9(12(17)18)7-16(6-8)11-5-14-4-10(15-11)13(19)20-2/h4-5,8-9H,3,6-7H2,1-2H3,(H,17,18). The molecule has 0 spiro atoms. The van der Waals surface area contributed by atoms with Crippen LogP contribution in [0.4, 0.5) is 5.82 Å². The van der Waals surface area contributed by atoms with Gasteiger partial charge in [0.2, 0.25) is 0 Å². The van der Waals surface area contributed by atoms with Gasteiger partial charge in [-0.05, 0) is 12.3 Å². The van der Waals surface area contributed by atoms with E-state index in [4.69, 9.17) is 5.11 Å². The highest BCUT2D eigenvalue weighted by molar-refractivity contribution is 5.87. The molecule has 1 aliphatic heterocycles. The SMILES string of the molecule is COC(=O)c1cncc(N2CC(C)CC(C(=O)O)C2)n1. The minimum absolute atomic E-state index is 0.120. The van der Waals surface area contributed by atoms with E-state index in [1.54, 1.807) is 0 Å². The van der Waals surface area contributed by atoms with Crippen LogP contribution in [0.15, 0.2) is 12.4 Å². The van der Waals surface area contributed by atoms with Crippen LogP contribution in [0.5, 0.6) is 0 Å². The van der Waals surface area contributed by atoms with E-state index in [0.717, 1.165) is 0 Å². The zero-order chi connectivity index (χ0) is 14.7. The van der Waals surface area contributed by atoms with Gasteiger partial charge in [0.15, 0.2) is 5.69 Å². The number of nitrogens with zero attached hydrogens (tertiary/aromatic N) is 3. The summed E-state index contributed by atoms with van der Waals surface area (Å²) in [7, 11) is 1.28. The number of carbonyl (C=O) groups is 2. The molecule has 1 aromatic rings. The number of carbonyl (C=O) groups excluding carboxylic acids is 1. The summed E-state index contributed by atoms with van der Waals surface area (Å²) in [6, 6.07) is 0. The third-order valence-corrected chi connectivity index (χ3v) is 3.35. The predicted octanol–water partition coefficient (Wildman–Crippen LogP) is 0.810. The van der Waals surface area contributed by atoms with Gasteiger partial charge in [0.25, 0.3) is 0 Å². The quantitative estimate of drug-likeness (QED) is 0.818. The predicted molar refractivity (Wildman–Crippen MR) is 70.5 cm³/mol. The molecule has 1 saturated heterocycles. The molecule has 108 valence electrons. The summed E-state index contributed by atoms with van der Waals surface area (Å²) in [5.41, 5.74) is 0.120. The Kier molecular flexibility index (Phi) is 4.16. The van der Waals surface area contributed by atoms with Crippen LogP contribution in [0, 0.1) is 11.8 Å². The second kappa shape index (κ2) is 5.85. The number of aliphatic carboxylic acids is 1. The Labute approximate surface area is 116 Å². The number of piperidine rings is 1. The highest BCUT2D eigenvalue weighted by Gasteiger charge is 2.30. The van der Waals surface area contributed by atoms with E-state index in [-0.39, 0.29) is 11.6 Å². The summed E-state index contributed by atoms with van der Waals surface area (Å²) >= 11 is 0. The number of esters is 1. The number of aromatic nitrogens is 2. The lowest BCUT2D eigenvalue weighted by molar-refractivity contribution is -0.142. The molecule has 0 saturated carbocycles. The molecule has 2 heterocycles. The first-order chi connectivity index (χ1) is 9.51. The normalized spacial score (nSPS) is 22.4. The largest absolute Gasteiger partial charge is 0.481 e. The summed E-state index contributed by atoms with van der Waals surface area (Å²) in [6.07, 6.45) is 3.51. The highest BCUT2D eigenvalue weighted by Crippen LogP contribution is 2.25. The fraction of sp³-hybridized carbons (Fsp3) is 0.538. The Hall–Kier alpha value is -2.18. The summed E-state index contributed by atoms with van der Waals surface area (Å²) in [6.45, 7) is 3.07. The summed E-state index contributed by atoms with van der Waals surface area (Å²) < 4.78 is 4.60. The molecular weight excluding hydrogens is 262 g/mol. The Balaban J connectivity index is 2.22. The number of rotatable bonds is 3. The van der Waals surface area contributed by atoms with Crippen molar-refractivity contribution in [2.75, 3.05) is 25.1 Å². The van der Waals surface area contributed by atoms with Gasteiger partial charge in [-0.2, -0.15) is 0 Å². The third kappa shape index (κ3) is 3.04. The zero-order valence-corrected chi connectivity index (χ0v) is 11.4. The van der Waals surface area contributed by atoms with Crippen molar-refractivity contribution >= 4 is 17.8 Å². The number of hydrogen-bond donors (Lipinski definition) is 1. The van der Waals surface area contributed by atoms with Gasteiger partial charge in [-0.3, -0.25) is 9.78 Å². The zero-order valence-electron chi connectivity index (χ0n) is 11.4. The lowest BCUT2D eigenvalue weighted by Gasteiger charge is -2.35. The van der Waals surface area contributed by atoms with Crippen molar-refractivity contribution in [3.63, 3.8) is 0 Å². The number of carboxylic acids is 1. The molecule has 7 heteroatoms. The van der Waals surface area contributed by atoms with E-state index >= 15 is 0 Å². The summed E-state index contributed by atoms with van der Waals surface area (Å²) in [5.74, 6) is -1.04. The van der Waals surface area contributed by atoms with Crippen molar-refractivity contribution in [3.05, 3.63) is 18.1 Å². The van der Waals surface area contributed by atoms with Crippen LogP contribution in [-0.4, -0.2) is 47.2 Å². The van der Waals surface area contributed by atoms with E-state index in [9.17, 15) is 9.59 Å². The summed E-state index contributed by atoms with van der Waals surface area (Å²) in [5, 5.41) is 9.16. The van der Waals surface area contributed by atoms with Crippen molar-refractivity contribution < 1.29 is 19.4 Å². The molecule has 0 radical (unpaired) electrons. The van der Waals surface area contributed by atoms with Crippen molar-refractivity contribution in [1.82, 2.24) is 9.97 Å². The Morgan fingerprint density at radius 1 is 1.40 bits per heavy atom. The first kappa shape index (κ1) is 14.2. The molecule has 1 fully saturated rings. The van der Waals surface area contributed by atoms with Crippen LogP contribution in [0.3, 0.4) is 0 Å². The van der Waals surface area contributed by atoms with Crippen LogP contribution >= 0.6 is 0 Å². The fourth-order valence-electron chi connectivity index (χ4n) is 2.43. The molecule has 2 unspecified atom stereocenters. The van der Waals surface area contributed by atoms with Crippen molar-refractivity contribution in [1.29, 1.82) is 0 Å².